The summed E-state index contributed by atoms with van der Waals surface area (Å²) in [5.41, 5.74) is 1.25. The van der Waals surface area contributed by atoms with Crippen molar-refractivity contribution in [2.75, 3.05) is 13.2 Å². The summed E-state index contributed by atoms with van der Waals surface area (Å²) in [7, 11) is -3.66. The molecule has 2 N–H and O–H groups in total. The van der Waals surface area contributed by atoms with E-state index in [-0.39, 0.29) is 17.3 Å². The number of hydrogen-bond acceptors (Lipinski definition) is 4. The minimum atomic E-state index is -3.66. The number of para-hydroxylation sites is 1. The second-order valence-corrected chi connectivity index (χ2v) is 9.21. The van der Waals surface area contributed by atoms with E-state index in [2.05, 4.69) is 10.0 Å². The molecule has 0 heterocycles. The first-order valence-corrected chi connectivity index (χ1v) is 12.0. The van der Waals surface area contributed by atoms with Crippen LogP contribution in [0.25, 0.3) is 10.8 Å². The largest absolute Gasteiger partial charge is 0.492 e. The summed E-state index contributed by atoms with van der Waals surface area (Å²) in [6.45, 7) is 0.868. The monoisotopic (exact) mass is 460 g/mol. The molecule has 0 aliphatic heterocycles. The minimum absolute atomic E-state index is 0.127. The van der Waals surface area contributed by atoms with Crippen molar-refractivity contribution in [2.45, 2.75) is 11.4 Å². The lowest BCUT2D eigenvalue weighted by Gasteiger charge is -2.10. The van der Waals surface area contributed by atoms with E-state index < -0.39 is 10.0 Å². The van der Waals surface area contributed by atoms with Crippen molar-refractivity contribution in [3.63, 3.8) is 0 Å². The van der Waals surface area contributed by atoms with Crippen molar-refractivity contribution in [1.29, 1.82) is 0 Å². The maximum absolute atomic E-state index is 12.7. The van der Waals surface area contributed by atoms with Gasteiger partial charge in [0.1, 0.15) is 12.4 Å². The molecule has 1 amide bonds. The van der Waals surface area contributed by atoms with E-state index in [1.807, 2.05) is 54.6 Å². The predicted octanol–water partition coefficient (Wildman–Crippen LogP) is 4.13. The highest BCUT2D eigenvalue weighted by Gasteiger charge is 2.14. The highest BCUT2D eigenvalue weighted by Crippen LogP contribution is 2.19. The number of carbonyl (C=O) groups is 1. The van der Waals surface area contributed by atoms with Gasteiger partial charge in [-0.25, -0.2) is 13.1 Å². The lowest BCUT2D eigenvalue weighted by molar-refractivity contribution is 0.0947. The number of ether oxygens (including phenoxy) is 1. The molecule has 0 atom stereocenters. The third kappa shape index (κ3) is 5.97. The van der Waals surface area contributed by atoms with E-state index >= 15 is 0 Å². The predicted molar refractivity (Wildman–Crippen MR) is 129 cm³/mol. The van der Waals surface area contributed by atoms with Crippen LogP contribution in [0.3, 0.4) is 0 Å². The molecule has 0 fully saturated rings. The van der Waals surface area contributed by atoms with Crippen LogP contribution < -0.4 is 14.8 Å². The normalized spacial score (nSPS) is 11.3. The van der Waals surface area contributed by atoms with E-state index in [0.29, 0.717) is 18.7 Å². The number of rotatable bonds is 9. The molecule has 6 nitrogen and oxygen atoms in total. The number of fused-ring (bicyclic) bond motifs is 1. The summed E-state index contributed by atoms with van der Waals surface area (Å²) in [4.78, 5) is 12.5. The van der Waals surface area contributed by atoms with E-state index in [1.54, 1.807) is 42.5 Å². The van der Waals surface area contributed by atoms with Crippen LogP contribution in [0.5, 0.6) is 5.75 Å². The van der Waals surface area contributed by atoms with Crippen LogP contribution in [0.4, 0.5) is 0 Å². The molecule has 0 bridgehead atoms. The van der Waals surface area contributed by atoms with E-state index in [1.165, 1.54) is 0 Å². The van der Waals surface area contributed by atoms with Gasteiger partial charge in [0.25, 0.3) is 5.91 Å². The lowest BCUT2D eigenvalue weighted by atomic mass is 10.1. The van der Waals surface area contributed by atoms with Crippen molar-refractivity contribution < 1.29 is 17.9 Å². The first-order valence-electron chi connectivity index (χ1n) is 10.5. The summed E-state index contributed by atoms with van der Waals surface area (Å²) < 4.78 is 33.5. The second-order valence-electron chi connectivity index (χ2n) is 7.45. The molecule has 0 spiro atoms. The first-order chi connectivity index (χ1) is 16.0. The number of benzene rings is 4. The van der Waals surface area contributed by atoms with Gasteiger partial charge in [-0.3, -0.25) is 4.79 Å². The molecule has 0 radical (unpaired) electrons. The summed E-state index contributed by atoms with van der Waals surface area (Å²) in [6.07, 6.45) is 0. The Bertz CT molecular complexity index is 1340. The van der Waals surface area contributed by atoms with Gasteiger partial charge in [-0.1, -0.05) is 60.7 Å². The maximum atomic E-state index is 12.7. The van der Waals surface area contributed by atoms with Crippen LogP contribution in [0.15, 0.2) is 102 Å². The van der Waals surface area contributed by atoms with Crippen molar-refractivity contribution in [3.8, 4) is 5.75 Å². The van der Waals surface area contributed by atoms with Gasteiger partial charge >= 0.3 is 0 Å². The SMILES string of the molecule is O=C(NCCOc1ccccc1)c1ccc(CNS(=O)(=O)c2ccc3ccccc3c2)cc1. The van der Waals surface area contributed by atoms with Gasteiger partial charge in [0.05, 0.1) is 11.4 Å². The van der Waals surface area contributed by atoms with Crippen LogP contribution in [-0.2, 0) is 16.6 Å². The number of amides is 1. The Kier molecular flexibility index (Phi) is 7.02. The van der Waals surface area contributed by atoms with Gasteiger partial charge in [0.15, 0.2) is 0 Å². The Labute approximate surface area is 193 Å². The maximum Gasteiger partial charge on any atom is 0.251 e. The van der Waals surface area contributed by atoms with Gasteiger partial charge in [0.2, 0.25) is 10.0 Å². The van der Waals surface area contributed by atoms with E-state index in [4.69, 9.17) is 4.74 Å². The van der Waals surface area contributed by atoms with Crippen LogP contribution in [0.2, 0.25) is 0 Å². The third-order valence-corrected chi connectivity index (χ3v) is 6.51. The van der Waals surface area contributed by atoms with Gasteiger partial charge in [-0.15, -0.1) is 0 Å². The highest BCUT2D eigenvalue weighted by molar-refractivity contribution is 7.89. The van der Waals surface area contributed by atoms with Gasteiger partial charge < -0.3 is 10.1 Å². The van der Waals surface area contributed by atoms with Crippen LogP contribution in [-0.4, -0.2) is 27.5 Å². The third-order valence-electron chi connectivity index (χ3n) is 5.11. The summed E-state index contributed by atoms with van der Waals surface area (Å²) in [5, 5.41) is 4.65. The Morgan fingerprint density at radius 1 is 0.788 bits per heavy atom. The molecule has 4 aromatic rings. The van der Waals surface area contributed by atoms with E-state index in [9.17, 15) is 13.2 Å². The Morgan fingerprint density at radius 3 is 2.24 bits per heavy atom. The quantitative estimate of drug-likeness (QED) is 0.368. The molecular formula is C26H24N2O4S. The first kappa shape index (κ1) is 22.5. The molecule has 0 aliphatic rings. The van der Waals surface area contributed by atoms with Gasteiger partial charge in [-0.2, -0.15) is 0 Å². The van der Waals surface area contributed by atoms with E-state index in [0.717, 1.165) is 22.1 Å². The fraction of sp³-hybridized carbons (Fsp3) is 0.115. The van der Waals surface area contributed by atoms with Crippen molar-refractivity contribution in [2.24, 2.45) is 0 Å². The Balaban J connectivity index is 1.29. The zero-order valence-corrected chi connectivity index (χ0v) is 18.7. The zero-order chi connectivity index (χ0) is 23.1. The number of nitrogens with one attached hydrogen (secondary N) is 2. The molecule has 4 aromatic carbocycles. The molecule has 33 heavy (non-hydrogen) atoms. The van der Waals surface area contributed by atoms with Gasteiger partial charge in [-0.05, 0) is 52.7 Å². The summed E-state index contributed by atoms with van der Waals surface area (Å²) >= 11 is 0. The molecule has 0 aromatic heterocycles. The van der Waals surface area contributed by atoms with Crippen molar-refractivity contribution in [1.82, 2.24) is 10.0 Å². The fourth-order valence-corrected chi connectivity index (χ4v) is 4.38. The average molecular weight is 461 g/mol. The molecule has 0 saturated heterocycles. The molecule has 0 saturated carbocycles. The number of hydrogen-bond donors (Lipinski definition) is 2. The highest BCUT2D eigenvalue weighted by atomic mass is 32.2. The lowest BCUT2D eigenvalue weighted by Crippen LogP contribution is -2.28. The Morgan fingerprint density at radius 2 is 1.48 bits per heavy atom. The Hall–Kier alpha value is -3.68. The van der Waals surface area contributed by atoms with Crippen LogP contribution in [0, 0.1) is 0 Å². The molecule has 168 valence electrons. The van der Waals surface area contributed by atoms with Crippen LogP contribution in [0.1, 0.15) is 15.9 Å². The molecule has 7 heteroatoms. The number of carbonyl (C=O) groups excluding carboxylic acids is 1. The standard InChI is InChI=1S/C26H24N2O4S/c29-26(27-16-17-32-24-8-2-1-3-9-24)22-12-10-20(11-13-22)19-28-33(30,31)25-15-14-21-6-4-5-7-23(21)18-25/h1-15,18,28H,16-17,19H2,(H,27,29). The fourth-order valence-electron chi connectivity index (χ4n) is 3.32. The summed E-state index contributed by atoms with van der Waals surface area (Å²) in [5.74, 6) is 0.539. The second kappa shape index (κ2) is 10.3. The zero-order valence-electron chi connectivity index (χ0n) is 17.9. The molecule has 4 rings (SSSR count). The van der Waals surface area contributed by atoms with Crippen LogP contribution >= 0.6 is 0 Å². The summed E-state index contributed by atoms with van der Waals surface area (Å²) in [6, 6.07) is 28.9. The number of sulfonamides is 1. The molecular weight excluding hydrogens is 436 g/mol. The van der Waals surface area contributed by atoms with Crippen molar-refractivity contribution in [3.05, 3.63) is 108 Å². The molecule has 0 unspecified atom stereocenters. The average Bonchev–Trinajstić information content (AvgIpc) is 2.86. The smallest absolute Gasteiger partial charge is 0.251 e. The topological polar surface area (TPSA) is 84.5 Å². The van der Waals surface area contributed by atoms with Crippen molar-refractivity contribution >= 4 is 26.7 Å². The minimum Gasteiger partial charge on any atom is -0.492 e. The molecule has 0 aliphatic carbocycles. The van der Waals surface area contributed by atoms with Gasteiger partial charge in [0, 0.05) is 12.1 Å².